The van der Waals surface area contributed by atoms with Crippen LogP contribution in [0.4, 0.5) is 0 Å². The molecular weight excluding hydrogens is 455 g/mol. The lowest BCUT2D eigenvalue weighted by atomic mass is 10.2. The molecule has 10 heteroatoms. The van der Waals surface area contributed by atoms with Crippen molar-refractivity contribution in [3.05, 3.63) is 35.3 Å². The zero-order valence-corrected chi connectivity index (χ0v) is 19.9. The molecule has 0 aliphatic carbocycles. The molecule has 1 aliphatic rings. The van der Waals surface area contributed by atoms with Crippen molar-refractivity contribution >= 4 is 54.5 Å². The van der Waals surface area contributed by atoms with Crippen LogP contribution in [0.15, 0.2) is 29.6 Å². The number of thiazole rings is 1. The van der Waals surface area contributed by atoms with Crippen LogP contribution >= 0.6 is 48.6 Å². The predicted molar refractivity (Wildman–Crippen MR) is 126 cm³/mol. The first-order chi connectivity index (χ1) is 12.7. The second-order valence-electron chi connectivity index (χ2n) is 6.38. The minimum Gasteiger partial charge on any atom is -0.497 e. The van der Waals surface area contributed by atoms with Gasteiger partial charge in [0.25, 0.3) is 0 Å². The van der Waals surface area contributed by atoms with E-state index in [0.29, 0.717) is 6.42 Å². The van der Waals surface area contributed by atoms with E-state index in [4.69, 9.17) is 9.72 Å². The molecule has 0 bridgehead atoms. The second kappa shape index (κ2) is 14.0. The number of nitrogens with zero attached hydrogens (tertiary/aromatic N) is 3. The predicted octanol–water partition coefficient (Wildman–Crippen LogP) is 3.34. The van der Waals surface area contributed by atoms with Crippen molar-refractivity contribution in [2.45, 2.75) is 13.0 Å². The van der Waals surface area contributed by atoms with E-state index in [1.807, 2.05) is 36.2 Å². The van der Waals surface area contributed by atoms with Crippen LogP contribution in [0, 0.1) is 0 Å². The molecule has 6 nitrogen and oxygen atoms in total. The highest BCUT2D eigenvalue weighted by Gasteiger charge is 2.21. The first kappa shape index (κ1) is 27.9. The molecule has 29 heavy (non-hydrogen) atoms. The number of rotatable bonds is 7. The number of amides is 1. The van der Waals surface area contributed by atoms with E-state index in [-0.39, 0.29) is 43.1 Å². The SMILES string of the molecule is CNCCC(=O)N1CCN(Cc2csc(-c3ccc(OC)cc3)n2)CC1.Cl.Cl.Cl. The van der Waals surface area contributed by atoms with Crippen molar-refractivity contribution in [1.82, 2.24) is 20.1 Å². The Morgan fingerprint density at radius 3 is 2.38 bits per heavy atom. The van der Waals surface area contributed by atoms with E-state index in [0.717, 1.165) is 61.3 Å². The molecule has 2 heterocycles. The quantitative estimate of drug-likeness (QED) is 0.654. The fourth-order valence-corrected chi connectivity index (χ4v) is 3.84. The van der Waals surface area contributed by atoms with Gasteiger partial charge in [-0.3, -0.25) is 9.69 Å². The summed E-state index contributed by atoms with van der Waals surface area (Å²) in [4.78, 5) is 21.2. The number of halogens is 3. The number of carbonyl (C=O) groups excluding carboxylic acids is 1. The van der Waals surface area contributed by atoms with Gasteiger partial charge in [0.05, 0.1) is 12.8 Å². The Morgan fingerprint density at radius 2 is 1.79 bits per heavy atom. The molecule has 0 spiro atoms. The first-order valence-electron chi connectivity index (χ1n) is 8.93. The van der Waals surface area contributed by atoms with Gasteiger partial charge in [-0.1, -0.05) is 0 Å². The van der Waals surface area contributed by atoms with Gasteiger partial charge in [-0.2, -0.15) is 0 Å². The molecule has 3 rings (SSSR count). The Morgan fingerprint density at radius 1 is 1.14 bits per heavy atom. The highest BCUT2D eigenvalue weighted by atomic mass is 35.5. The van der Waals surface area contributed by atoms with Gasteiger partial charge in [-0.05, 0) is 31.3 Å². The van der Waals surface area contributed by atoms with E-state index >= 15 is 0 Å². The lowest BCUT2D eigenvalue weighted by Crippen LogP contribution is -2.48. The third kappa shape index (κ3) is 7.92. The van der Waals surface area contributed by atoms with Gasteiger partial charge in [-0.15, -0.1) is 48.6 Å². The van der Waals surface area contributed by atoms with E-state index in [1.54, 1.807) is 18.4 Å². The third-order valence-corrected chi connectivity index (χ3v) is 5.53. The number of hydrogen-bond donors (Lipinski definition) is 1. The van der Waals surface area contributed by atoms with Gasteiger partial charge in [0.15, 0.2) is 0 Å². The molecule has 1 saturated heterocycles. The number of ether oxygens (including phenoxy) is 1. The van der Waals surface area contributed by atoms with Crippen LogP contribution in [0.25, 0.3) is 10.6 Å². The maximum Gasteiger partial charge on any atom is 0.223 e. The molecule has 1 aromatic carbocycles. The van der Waals surface area contributed by atoms with Gasteiger partial charge >= 0.3 is 0 Å². The molecule has 1 aliphatic heterocycles. The summed E-state index contributed by atoms with van der Waals surface area (Å²) in [5.74, 6) is 1.10. The summed E-state index contributed by atoms with van der Waals surface area (Å²) in [6, 6.07) is 8.00. The lowest BCUT2D eigenvalue weighted by molar-refractivity contribution is -0.132. The minimum absolute atomic E-state index is 0. The highest BCUT2D eigenvalue weighted by Crippen LogP contribution is 2.26. The van der Waals surface area contributed by atoms with Crippen molar-refractivity contribution in [2.24, 2.45) is 0 Å². The van der Waals surface area contributed by atoms with Crippen LogP contribution in [0.2, 0.25) is 0 Å². The van der Waals surface area contributed by atoms with Gasteiger partial charge < -0.3 is 15.0 Å². The number of methoxy groups -OCH3 is 1. The molecule has 0 unspecified atom stereocenters. The molecular formula is C19H29Cl3N4O2S. The standard InChI is InChI=1S/C19H26N4O2S.3ClH/c1-20-8-7-18(24)23-11-9-22(10-12-23)13-16-14-26-19(21-16)15-3-5-17(25-2)6-4-15;;;/h3-6,14,20H,7-13H2,1-2H3;3*1H. The Bertz CT molecular complexity index is 722. The Kier molecular flexibility index (Phi) is 13.5. The lowest BCUT2D eigenvalue weighted by Gasteiger charge is -2.34. The van der Waals surface area contributed by atoms with Crippen molar-refractivity contribution in [3.8, 4) is 16.3 Å². The van der Waals surface area contributed by atoms with E-state index in [9.17, 15) is 4.79 Å². The third-order valence-electron chi connectivity index (χ3n) is 4.59. The van der Waals surface area contributed by atoms with Gasteiger partial charge in [-0.25, -0.2) is 4.98 Å². The normalized spacial score (nSPS) is 13.7. The van der Waals surface area contributed by atoms with Crippen LogP contribution in [-0.4, -0.2) is 67.6 Å². The first-order valence-corrected chi connectivity index (χ1v) is 9.81. The smallest absolute Gasteiger partial charge is 0.223 e. The van der Waals surface area contributed by atoms with Crippen LogP contribution in [0.5, 0.6) is 5.75 Å². The van der Waals surface area contributed by atoms with E-state index in [1.165, 1.54) is 0 Å². The topological polar surface area (TPSA) is 57.7 Å². The van der Waals surface area contributed by atoms with Crippen LogP contribution in [-0.2, 0) is 11.3 Å². The van der Waals surface area contributed by atoms with Gasteiger partial charge in [0.2, 0.25) is 5.91 Å². The average molecular weight is 484 g/mol. The summed E-state index contributed by atoms with van der Waals surface area (Å²) >= 11 is 1.67. The van der Waals surface area contributed by atoms with Crippen molar-refractivity contribution in [1.29, 1.82) is 0 Å². The summed E-state index contributed by atoms with van der Waals surface area (Å²) in [6.07, 6.45) is 0.577. The number of aromatic nitrogens is 1. The van der Waals surface area contributed by atoms with Crippen molar-refractivity contribution < 1.29 is 9.53 Å². The second-order valence-corrected chi connectivity index (χ2v) is 7.24. The molecule has 1 aromatic heterocycles. The summed E-state index contributed by atoms with van der Waals surface area (Å²) < 4.78 is 5.20. The molecule has 2 aromatic rings. The Hall–Kier alpha value is -1.09. The maximum atomic E-state index is 12.1. The summed E-state index contributed by atoms with van der Waals surface area (Å²) in [5.41, 5.74) is 2.21. The van der Waals surface area contributed by atoms with Crippen LogP contribution in [0.1, 0.15) is 12.1 Å². The molecule has 1 N–H and O–H groups in total. The number of hydrogen-bond acceptors (Lipinski definition) is 6. The molecule has 0 radical (unpaired) electrons. The van der Waals surface area contributed by atoms with E-state index in [2.05, 4.69) is 15.6 Å². The molecule has 1 fully saturated rings. The molecule has 1 amide bonds. The highest BCUT2D eigenvalue weighted by molar-refractivity contribution is 7.13. The van der Waals surface area contributed by atoms with Crippen LogP contribution < -0.4 is 10.1 Å². The van der Waals surface area contributed by atoms with Crippen molar-refractivity contribution in [3.63, 3.8) is 0 Å². The maximum absolute atomic E-state index is 12.1. The number of piperazine rings is 1. The number of nitrogens with one attached hydrogen (secondary N) is 1. The Labute approximate surface area is 195 Å². The zero-order valence-electron chi connectivity index (χ0n) is 16.6. The summed E-state index contributed by atoms with van der Waals surface area (Å²) in [7, 11) is 3.55. The van der Waals surface area contributed by atoms with Crippen molar-refractivity contribution in [2.75, 3.05) is 46.9 Å². The number of carbonyl (C=O) groups is 1. The van der Waals surface area contributed by atoms with Gasteiger partial charge in [0.1, 0.15) is 10.8 Å². The Balaban J connectivity index is 0.00000261. The average Bonchev–Trinajstić information content (AvgIpc) is 3.15. The largest absolute Gasteiger partial charge is 0.497 e. The molecule has 0 atom stereocenters. The van der Waals surface area contributed by atoms with Crippen LogP contribution in [0.3, 0.4) is 0 Å². The molecule has 0 saturated carbocycles. The summed E-state index contributed by atoms with van der Waals surface area (Å²) in [5, 5.41) is 6.19. The minimum atomic E-state index is 0. The van der Waals surface area contributed by atoms with Gasteiger partial charge in [0, 0.05) is 56.6 Å². The molecule has 164 valence electrons. The van der Waals surface area contributed by atoms with E-state index < -0.39 is 0 Å². The summed E-state index contributed by atoms with van der Waals surface area (Å²) in [6.45, 7) is 4.99. The fraction of sp³-hybridized carbons (Fsp3) is 0.474. The zero-order chi connectivity index (χ0) is 18.4. The monoisotopic (exact) mass is 482 g/mol. The fourth-order valence-electron chi connectivity index (χ4n) is 3.02. The number of benzene rings is 1.